The van der Waals surface area contributed by atoms with Crippen LogP contribution in [0.4, 0.5) is 4.79 Å². The molecule has 8 nitrogen and oxygen atoms in total. The van der Waals surface area contributed by atoms with E-state index in [0.29, 0.717) is 33.1 Å². The molecule has 0 fully saturated rings. The van der Waals surface area contributed by atoms with Crippen LogP contribution in [0.25, 0.3) is 21.7 Å². The van der Waals surface area contributed by atoms with Gasteiger partial charge < -0.3 is 23.9 Å². The Hall–Kier alpha value is -4.33. The average molecular weight is 490 g/mol. The summed E-state index contributed by atoms with van der Waals surface area (Å²) >= 11 is 0. The predicted octanol–water partition coefficient (Wildman–Crippen LogP) is 5.12. The molecule has 0 spiro atoms. The van der Waals surface area contributed by atoms with Crippen LogP contribution in [-0.2, 0) is 16.1 Å². The van der Waals surface area contributed by atoms with Crippen LogP contribution in [0.1, 0.15) is 25.0 Å². The molecule has 8 heteroatoms. The van der Waals surface area contributed by atoms with Crippen molar-refractivity contribution in [3.8, 4) is 11.5 Å². The fourth-order valence-corrected chi connectivity index (χ4v) is 3.89. The molecule has 0 aliphatic rings. The standard InChI is InChI=1S/C28H27NO7/c1-16(2)24(29-28(32)34-15-18-8-6-5-7-9-18)27(31)35-23-13-12-21-20-11-10-19(33-4)14-22(20)26(30)36-25(21)17(23)3/h5-14,16,24H,15H2,1-4H3,(H,29,32)/t24-/m1/s1. The number of carbonyl (C=O) groups excluding carboxylic acids is 2. The van der Waals surface area contributed by atoms with Gasteiger partial charge in [0.2, 0.25) is 0 Å². The molecule has 1 aromatic heterocycles. The second-order valence-electron chi connectivity index (χ2n) is 8.72. The Morgan fingerprint density at radius 2 is 1.69 bits per heavy atom. The molecule has 0 saturated heterocycles. The van der Waals surface area contributed by atoms with Crippen LogP contribution < -0.4 is 20.4 Å². The number of aryl methyl sites for hydroxylation is 1. The van der Waals surface area contributed by atoms with Gasteiger partial charge in [0.05, 0.1) is 12.5 Å². The van der Waals surface area contributed by atoms with E-state index in [2.05, 4.69) is 5.32 Å². The summed E-state index contributed by atoms with van der Waals surface area (Å²) in [5.74, 6) is -0.143. The quantitative estimate of drug-likeness (QED) is 0.166. The lowest BCUT2D eigenvalue weighted by Crippen LogP contribution is -2.46. The van der Waals surface area contributed by atoms with Crippen LogP contribution in [0.2, 0.25) is 0 Å². The van der Waals surface area contributed by atoms with Crippen LogP contribution in [0, 0.1) is 12.8 Å². The van der Waals surface area contributed by atoms with E-state index in [-0.39, 0.29) is 18.3 Å². The first-order valence-electron chi connectivity index (χ1n) is 11.5. The van der Waals surface area contributed by atoms with Crippen molar-refractivity contribution in [2.24, 2.45) is 5.92 Å². The minimum Gasteiger partial charge on any atom is -0.497 e. The number of hydrogen-bond acceptors (Lipinski definition) is 7. The van der Waals surface area contributed by atoms with Crippen molar-refractivity contribution in [2.45, 2.75) is 33.4 Å². The molecule has 1 heterocycles. The van der Waals surface area contributed by atoms with E-state index in [4.69, 9.17) is 18.6 Å². The molecule has 4 rings (SSSR count). The Labute approximate surface area is 207 Å². The highest BCUT2D eigenvalue weighted by molar-refractivity contribution is 6.06. The predicted molar refractivity (Wildman–Crippen MR) is 135 cm³/mol. The van der Waals surface area contributed by atoms with Gasteiger partial charge in [-0.25, -0.2) is 14.4 Å². The van der Waals surface area contributed by atoms with E-state index in [9.17, 15) is 14.4 Å². The van der Waals surface area contributed by atoms with Crippen molar-refractivity contribution >= 4 is 33.8 Å². The van der Waals surface area contributed by atoms with E-state index in [0.717, 1.165) is 5.56 Å². The molecule has 0 saturated carbocycles. The van der Waals surface area contributed by atoms with E-state index >= 15 is 0 Å². The molecular weight excluding hydrogens is 462 g/mol. The summed E-state index contributed by atoms with van der Waals surface area (Å²) in [6.07, 6.45) is -0.724. The van der Waals surface area contributed by atoms with Crippen molar-refractivity contribution in [1.29, 1.82) is 0 Å². The smallest absolute Gasteiger partial charge is 0.408 e. The maximum Gasteiger partial charge on any atom is 0.408 e. The van der Waals surface area contributed by atoms with Crippen molar-refractivity contribution in [3.63, 3.8) is 0 Å². The van der Waals surface area contributed by atoms with E-state index in [1.165, 1.54) is 7.11 Å². The van der Waals surface area contributed by atoms with Crippen molar-refractivity contribution in [3.05, 3.63) is 82.2 Å². The fraction of sp³-hybridized carbons (Fsp3) is 0.250. The van der Waals surface area contributed by atoms with Gasteiger partial charge in [0.1, 0.15) is 29.7 Å². The van der Waals surface area contributed by atoms with Crippen molar-refractivity contribution in [1.82, 2.24) is 5.32 Å². The van der Waals surface area contributed by atoms with Crippen LogP contribution in [0.15, 0.2) is 69.9 Å². The van der Waals surface area contributed by atoms with Crippen molar-refractivity contribution in [2.75, 3.05) is 7.11 Å². The van der Waals surface area contributed by atoms with E-state index in [1.54, 1.807) is 51.1 Å². The van der Waals surface area contributed by atoms with Gasteiger partial charge in [0.15, 0.2) is 0 Å². The van der Waals surface area contributed by atoms with Gasteiger partial charge in [0, 0.05) is 16.3 Å². The Bertz CT molecular complexity index is 1470. The lowest BCUT2D eigenvalue weighted by atomic mass is 10.0. The number of ether oxygens (including phenoxy) is 3. The number of rotatable bonds is 7. The molecular formula is C28H27NO7. The van der Waals surface area contributed by atoms with E-state index in [1.807, 2.05) is 30.3 Å². The van der Waals surface area contributed by atoms with Gasteiger partial charge >= 0.3 is 17.7 Å². The molecule has 1 amide bonds. The highest BCUT2D eigenvalue weighted by Crippen LogP contribution is 2.32. The summed E-state index contributed by atoms with van der Waals surface area (Å²) < 4.78 is 21.7. The summed E-state index contributed by atoms with van der Waals surface area (Å²) in [6.45, 7) is 5.36. The van der Waals surface area contributed by atoms with Crippen molar-refractivity contribution < 1.29 is 28.2 Å². The maximum atomic E-state index is 13.0. The van der Waals surface area contributed by atoms with Crippen LogP contribution in [0.5, 0.6) is 11.5 Å². The number of alkyl carbamates (subject to hydrolysis) is 1. The summed E-state index contributed by atoms with van der Waals surface area (Å²) in [4.78, 5) is 38.0. The monoisotopic (exact) mass is 489 g/mol. The van der Waals surface area contributed by atoms with Gasteiger partial charge in [-0.15, -0.1) is 0 Å². The Morgan fingerprint density at radius 1 is 0.972 bits per heavy atom. The van der Waals surface area contributed by atoms with Gasteiger partial charge in [-0.2, -0.15) is 0 Å². The molecule has 1 N–H and O–H groups in total. The highest BCUT2D eigenvalue weighted by Gasteiger charge is 2.28. The van der Waals surface area contributed by atoms with Crippen LogP contribution in [0.3, 0.4) is 0 Å². The molecule has 0 bridgehead atoms. The third-order valence-corrected chi connectivity index (χ3v) is 5.91. The summed E-state index contributed by atoms with van der Waals surface area (Å²) in [7, 11) is 1.52. The van der Waals surface area contributed by atoms with Gasteiger partial charge in [-0.05, 0) is 48.7 Å². The lowest BCUT2D eigenvalue weighted by molar-refractivity contribution is -0.137. The first-order valence-corrected chi connectivity index (χ1v) is 11.5. The zero-order chi connectivity index (χ0) is 25.8. The maximum absolute atomic E-state index is 13.0. The van der Waals surface area contributed by atoms with Crippen LogP contribution >= 0.6 is 0 Å². The zero-order valence-electron chi connectivity index (χ0n) is 20.5. The Balaban J connectivity index is 1.55. The number of benzene rings is 3. The Kier molecular flexibility index (Phi) is 7.24. The first-order chi connectivity index (χ1) is 17.3. The Morgan fingerprint density at radius 3 is 2.39 bits per heavy atom. The molecule has 4 aromatic rings. The topological polar surface area (TPSA) is 104 Å². The molecule has 36 heavy (non-hydrogen) atoms. The number of carbonyl (C=O) groups is 2. The zero-order valence-corrected chi connectivity index (χ0v) is 20.5. The molecule has 1 atom stereocenters. The van der Waals surface area contributed by atoms with Gasteiger partial charge in [-0.1, -0.05) is 44.2 Å². The summed E-state index contributed by atoms with van der Waals surface area (Å²) in [5, 5.41) is 4.38. The van der Waals surface area contributed by atoms with E-state index < -0.39 is 23.7 Å². The SMILES string of the molecule is COc1ccc2c(c1)c(=O)oc1c(C)c(OC(=O)[C@H](NC(=O)OCc3ccccc3)C(C)C)ccc12. The second kappa shape index (κ2) is 10.5. The first kappa shape index (κ1) is 24.8. The molecule has 0 aliphatic carbocycles. The summed E-state index contributed by atoms with van der Waals surface area (Å²) in [6, 6.07) is 16.8. The van der Waals surface area contributed by atoms with Gasteiger partial charge in [-0.3, -0.25) is 0 Å². The van der Waals surface area contributed by atoms with Crippen LogP contribution in [-0.4, -0.2) is 25.2 Å². The number of esters is 1. The third kappa shape index (κ3) is 5.17. The van der Waals surface area contributed by atoms with Gasteiger partial charge in [0.25, 0.3) is 0 Å². The number of amides is 1. The molecule has 3 aromatic carbocycles. The summed E-state index contributed by atoms with van der Waals surface area (Å²) in [5.41, 5.74) is 1.12. The molecule has 0 unspecified atom stereocenters. The minimum absolute atomic E-state index is 0.0786. The minimum atomic E-state index is -0.945. The molecule has 0 aliphatic heterocycles. The third-order valence-electron chi connectivity index (χ3n) is 5.91. The second-order valence-corrected chi connectivity index (χ2v) is 8.72. The largest absolute Gasteiger partial charge is 0.497 e. The number of hydrogen-bond donors (Lipinski definition) is 1. The number of fused-ring (bicyclic) bond motifs is 3. The molecule has 0 radical (unpaired) electrons. The molecule has 186 valence electrons. The average Bonchev–Trinajstić information content (AvgIpc) is 2.88. The fourth-order valence-electron chi connectivity index (χ4n) is 3.89. The number of nitrogens with one attached hydrogen (secondary N) is 1. The number of methoxy groups -OCH3 is 1. The normalized spacial score (nSPS) is 11.9. The lowest BCUT2D eigenvalue weighted by Gasteiger charge is -2.21. The highest BCUT2D eigenvalue weighted by atomic mass is 16.6.